The third-order valence-corrected chi connectivity index (χ3v) is 9.32. The van der Waals surface area contributed by atoms with Crippen molar-refractivity contribution in [2.45, 2.75) is 25.7 Å². The molecule has 0 saturated carbocycles. The maximum atomic E-state index is 14.0. The number of carbonyl (C=O) groups excluding carboxylic acids is 1. The number of rotatable bonds is 12. The fourth-order valence-corrected chi connectivity index (χ4v) is 7.04. The number of benzene rings is 3. The van der Waals surface area contributed by atoms with Gasteiger partial charge in [-0.3, -0.25) is 24.7 Å². The minimum atomic E-state index is -0.475. The molecule has 2 aliphatic rings. The molecule has 4 aromatic rings. The number of likely N-dealkylation sites (tertiary alicyclic amines) is 2. The van der Waals surface area contributed by atoms with E-state index in [1.807, 2.05) is 48.5 Å². The van der Waals surface area contributed by atoms with Crippen molar-refractivity contribution < 1.29 is 19.2 Å². The molecular weight excluding hydrogens is 550 g/mol. The van der Waals surface area contributed by atoms with Gasteiger partial charge >= 0.3 is 5.69 Å². The SMILES string of the molecule is O=C(c1ccc(OCCN2CCCC2)c([N+](=O)[O-])c1)c1c(-c2ccc(OCCN3CCCC3)cc2)sc2ccccc12. The van der Waals surface area contributed by atoms with Gasteiger partial charge in [0.2, 0.25) is 0 Å². The molecule has 0 amide bonds. The molecule has 1 aromatic heterocycles. The Hall–Kier alpha value is -3.79. The van der Waals surface area contributed by atoms with Crippen molar-refractivity contribution in [3.05, 3.63) is 88.0 Å². The van der Waals surface area contributed by atoms with E-state index in [1.165, 1.54) is 31.7 Å². The van der Waals surface area contributed by atoms with Crippen LogP contribution in [-0.2, 0) is 0 Å². The minimum absolute atomic E-state index is 0.187. The first-order valence-electron chi connectivity index (χ1n) is 14.7. The molecule has 2 fully saturated rings. The zero-order valence-corrected chi connectivity index (χ0v) is 24.4. The molecule has 3 aromatic carbocycles. The highest BCUT2D eigenvalue weighted by atomic mass is 32.1. The maximum Gasteiger partial charge on any atom is 0.311 e. The quantitative estimate of drug-likeness (QED) is 0.104. The summed E-state index contributed by atoms with van der Waals surface area (Å²) in [6, 6.07) is 20.2. The number of nitrogens with zero attached hydrogens (tertiary/aromatic N) is 3. The molecule has 2 aliphatic heterocycles. The molecule has 0 N–H and O–H groups in total. The van der Waals surface area contributed by atoms with Crippen LogP contribution < -0.4 is 9.47 Å². The highest BCUT2D eigenvalue weighted by Crippen LogP contribution is 2.41. The fraction of sp³-hybridized carbons (Fsp3) is 0.364. The number of hydrogen-bond donors (Lipinski definition) is 0. The van der Waals surface area contributed by atoms with Gasteiger partial charge in [0.1, 0.15) is 19.0 Å². The second-order valence-corrected chi connectivity index (χ2v) is 11.9. The Morgan fingerprint density at radius 1 is 0.833 bits per heavy atom. The largest absolute Gasteiger partial charge is 0.492 e. The van der Waals surface area contributed by atoms with Crippen LogP contribution in [0.3, 0.4) is 0 Å². The van der Waals surface area contributed by atoms with Gasteiger partial charge in [0.15, 0.2) is 11.5 Å². The van der Waals surface area contributed by atoms with Crippen molar-refractivity contribution in [2.24, 2.45) is 0 Å². The van der Waals surface area contributed by atoms with E-state index in [-0.39, 0.29) is 22.8 Å². The van der Waals surface area contributed by atoms with Gasteiger partial charge in [0.25, 0.3) is 0 Å². The molecule has 6 rings (SSSR count). The molecule has 0 bridgehead atoms. The lowest BCUT2D eigenvalue weighted by atomic mass is 9.97. The van der Waals surface area contributed by atoms with E-state index in [0.29, 0.717) is 18.8 Å². The van der Waals surface area contributed by atoms with Crippen LogP contribution in [0.1, 0.15) is 41.6 Å². The lowest BCUT2D eigenvalue weighted by Gasteiger charge is -2.15. The van der Waals surface area contributed by atoms with Crippen molar-refractivity contribution >= 4 is 32.9 Å². The highest BCUT2D eigenvalue weighted by molar-refractivity contribution is 7.22. The third kappa shape index (κ3) is 6.33. The molecule has 0 atom stereocenters. The average molecular weight is 586 g/mol. The van der Waals surface area contributed by atoms with E-state index in [0.717, 1.165) is 65.5 Å². The molecule has 2 saturated heterocycles. The van der Waals surface area contributed by atoms with E-state index in [4.69, 9.17) is 9.47 Å². The molecule has 0 aliphatic carbocycles. The van der Waals surface area contributed by atoms with Gasteiger partial charge in [-0.25, -0.2) is 0 Å². The van der Waals surface area contributed by atoms with Crippen molar-refractivity contribution in [3.63, 3.8) is 0 Å². The number of ketones is 1. The zero-order valence-electron chi connectivity index (χ0n) is 23.6. The van der Waals surface area contributed by atoms with Crippen LogP contribution in [0.4, 0.5) is 5.69 Å². The summed E-state index contributed by atoms with van der Waals surface area (Å²) in [6.07, 6.45) is 4.87. The molecule has 9 heteroatoms. The van der Waals surface area contributed by atoms with Gasteiger partial charge in [-0.1, -0.05) is 18.2 Å². The van der Waals surface area contributed by atoms with Crippen LogP contribution in [0.5, 0.6) is 11.5 Å². The van der Waals surface area contributed by atoms with Crippen LogP contribution in [0, 0.1) is 10.1 Å². The second-order valence-electron chi connectivity index (χ2n) is 10.9. The molecular formula is C33H35N3O5S. The molecule has 0 spiro atoms. The number of thiophene rings is 1. The molecule has 3 heterocycles. The first-order valence-corrected chi connectivity index (χ1v) is 15.5. The van der Waals surface area contributed by atoms with Crippen molar-refractivity contribution in [1.82, 2.24) is 9.80 Å². The number of nitro groups is 1. The summed E-state index contributed by atoms with van der Waals surface area (Å²) < 4.78 is 12.8. The smallest absolute Gasteiger partial charge is 0.311 e. The summed E-state index contributed by atoms with van der Waals surface area (Å²) >= 11 is 1.55. The standard InChI is InChI=1S/C33H35N3O5S/c37-32(25-11-14-29(28(23-25)36(38)39)41-22-20-35-17-5-6-18-35)31-27-7-1-2-8-30(27)42-33(31)24-9-12-26(13-10-24)40-21-19-34-15-3-4-16-34/h1-2,7-14,23H,3-6,15-22H2. The predicted molar refractivity (Wildman–Crippen MR) is 166 cm³/mol. The summed E-state index contributed by atoms with van der Waals surface area (Å²) in [6.45, 7) is 7.00. The Balaban J connectivity index is 1.24. The Kier molecular flexibility index (Phi) is 8.79. The van der Waals surface area contributed by atoms with E-state index in [1.54, 1.807) is 23.5 Å². The van der Waals surface area contributed by atoms with E-state index >= 15 is 0 Å². The van der Waals surface area contributed by atoms with Gasteiger partial charge in [0.05, 0.1) is 4.92 Å². The van der Waals surface area contributed by atoms with Gasteiger partial charge < -0.3 is 9.47 Å². The van der Waals surface area contributed by atoms with Crippen molar-refractivity contribution in [1.29, 1.82) is 0 Å². The summed E-state index contributed by atoms with van der Waals surface area (Å²) in [5.74, 6) is 0.731. The summed E-state index contributed by atoms with van der Waals surface area (Å²) in [5, 5.41) is 12.8. The van der Waals surface area contributed by atoms with Crippen LogP contribution >= 0.6 is 11.3 Å². The predicted octanol–water partition coefficient (Wildman–Crippen LogP) is 6.66. The van der Waals surface area contributed by atoms with Gasteiger partial charge in [-0.15, -0.1) is 11.3 Å². The van der Waals surface area contributed by atoms with Crippen LogP contribution in [0.2, 0.25) is 0 Å². The summed E-state index contributed by atoms with van der Waals surface area (Å²) in [4.78, 5) is 31.1. The lowest BCUT2D eigenvalue weighted by molar-refractivity contribution is -0.385. The van der Waals surface area contributed by atoms with Crippen molar-refractivity contribution in [3.8, 4) is 21.9 Å². The minimum Gasteiger partial charge on any atom is -0.492 e. The fourth-order valence-electron chi connectivity index (χ4n) is 5.83. The normalized spacial score (nSPS) is 15.8. The van der Waals surface area contributed by atoms with Crippen LogP contribution in [0.25, 0.3) is 20.5 Å². The Bertz CT molecular complexity index is 1560. The molecule has 42 heavy (non-hydrogen) atoms. The monoisotopic (exact) mass is 585 g/mol. The molecule has 0 radical (unpaired) electrons. The van der Waals surface area contributed by atoms with Crippen LogP contribution in [-0.4, -0.2) is 73.0 Å². The number of nitro benzene ring substituents is 1. The second kappa shape index (κ2) is 13.0. The van der Waals surface area contributed by atoms with E-state index in [9.17, 15) is 14.9 Å². The van der Waals surface area contributed by atoms with Gasteiger partial charge in [0, 0.05) is 45.2 Å². The molecule has 0 unspecified atom stereocenters. The zero-order chi connectivity index (χ0) is 28.9. The Morgan fingerprint density at radius 2 is 1.48 bits per heavy atom. The number of ether oxygens (including phenoxy) is 2. The van der Waals surface area contributed by atoms with Gasteiger partial charge in [-0.2, -0.15) is 0 Å². The lowest BCUT2D eigenvalue weighted by Crippen LogP contribution is -2.25. The van der Waals surface area contributed by atoms with Crippen LogP contribution in [0.15, 0.2) is 66.7 Å². The summed E-state index contributed by atoms with van der Waals surface area (Å²) in [7, 11) is 0. The number of hydrogen-bond acceptors (Lipinski definition) is 8. The highest BCUT2D eigenvalue weighted by Gasteiger charge is 2.25. The first kappa shape index (κ1) is 28.3. The number of carbonyl (C=O) groups is 1. The van der Waals surface area contributed by atoms with Crippen molar-refractivity contribution in [2.75, 3.05) is 52.5 Å². The van der Waals surface area contributed by atoms with Gasteiger partial charge in [-0.05, 0) is 99.9 Å². The first-order chi connectivity index (χ1) is 20.6. The average Bonchev–Trinajstić information content (AvgIpc) is 3.79. The number of fused-ring (bicyclic) bond motifs is 1. The molecule has 8 nitrogen and oxygen atoms in total. The topological polar surface area (TPSA) is 85.1 Å². The van der Waals surface area contributed by atoms with E-state index in [2.05, 4.69) is 9.80 Å². The maximum absolute atomic E-state index is 14.0. The molecule has 218 valence electrons. The Morgan fingerprint density at radius 3 is 2.14 bits per heavy atom. The third-order valence-electron chi connectivity index (χ3n) is 8.10. The summed E-state index contributed by atoms with van der Waals surface area (Å²) in [5.41, 5.74) is 1.53. The van der Waals surface area contributed by atoms with E-state index < -0.39 is 4.92 Å². The Labute approximate surface area is 249 Å².